The zero-order valence-electron chi connectivity index (χ0n) is 14.9. The van der Waals surface area contributed by atoms with Crippen molar-refractivity contribution in [3.63, 3.8) is 0 Å². The van der Waals surface area contributed by atoms with Crippen LogP contribution in [0.25, 0.3) is 0 Å². The topological polar surface area (TPSA) is 0 Å². The van der Waals surface area contributed by atoms with Crippen molar-refractivity contribution in [1.82, 2.24) is 0 Å². The first-order valence-electron chi connectivity index (χ1n) is 8.34. The zero-order valence-corrected chi connectivity index (χ0v) is 19.3. The van der Waals surface area contributed by atoms with Gasteiger partial charge in [-0.05, 0) is 48.5 Å². The van der Waals surface area contributed by atoms with Gasteiger partial charge >= 0.3 is 0 Å². The summed E-state index contributed by atoms with van der Waals surface area (Å²) in [6.07, 6.45) is 3.48. The lowest BCUT2D eigenvalue weighted by Crippen LogP contribution is -1.90. The van der Waals surface area contributed by atoms with E-state index in [2.05, 4.69) is 75.3 Å². The summed E-state index contributed by atoms with van der Waals surface area (Å²) in [5.41, 5.74) is 6.05. The molecule has 0 amide bonds. The molecule has 0 N–H and O–H groups in total. The van der Waals surface area contributed by atoms with Crippen LogP contribution in [0.15, 0.2) is 48.5 Å². The van der Waals surface area contributed by atoms with Crippen molar-refractivity contribution in [2.75, 3.05) is 0 Å². The normalized spacial score (nSPS) is 11.1. The fraction of sp³-hybridized carbons (Fsp3) is 0.368. The maximum Gasteiger partial charge on any atom is -0.00203 e. The highest BCUT2D eigenvalue weighted by molar-refractivity contribution is 8.65. The summed E-state index contributed by atoms with van der Waals surface area (Å²) in [6.45, 7) is 8.13. The fourth-order valence-corrected chi connectivity index (χ4v) is 2.42. The van der Waals surface area contributed by atoms with E-state index in [1.54, 1.807) is 0 Å². The van der Waals surface area contributed by atoms with E-state index < -0.39 is 0 Å². The van der Waals surface area contributed by atoms with E-state index in [4.69, 9.17) is 0 Å². The van der Waals surface area contributed by atoms with Crippen molar-refractivity contribution in [2.24, 2.45) is 0 Å². The van der Waals surface area contributed by atoms with Gasteiger partial charge in [0.05, 0.1) is 0 Å². The number of benzene rings is 2. The molecule has 3 atom stereocenters. The third-order valence-corrected chi connectivity index (χ3v) is 3.28. The van der Waals surface area contributed by atoms with Gasteiger partial charge in [-0.3, -0.25) is 0 Å². The second-order valence-corrected chi connectivity index (χ2v) is 16.3. The van der Waals surface area contributed by atoms with Crippen LogP contribution in [-0.2, 0) is 19.3 Å². The van der Waals surface area contributed by atoms with Gasteiger partial charge in [0, 0.05) is 0 Å². The monoisotopic (exact) mass is 384 g/mol. The largest absolute Gasteiger partial charge is 0.103 e. The van der Waals surface area contributed by atoms with Crippen LogP contribution in [0.3, 0.4) is 0 Å². The van der Waals surface area contributed by atoms with Crippen LogP contribution in [0.5, 0.6) is 0 Å². The lowest BCUT2D eigenvalue weighted by Gasteiger charge is -2.04. The number of rotatable bonds is 0. The molecular weight excluding hydrogens is 352 g/mol. The van der Waals surface area contributed by atoms with Crippen molar-refractivity contribution in [3.05, 3.63) is 70.8 Å². The lowest BCUT2D eigenvalue weighted by molar-refractivity contribution is 0.965. The summed E-state index contributed by atoms with van der Waals surface area (Å²) in [5.74, 6) is 0. The summed E-state index contributed by atoms with van der Waals surface area (Å²) < 4.78 is 0. The van der Waals surface area contributed by atoms with Gasteiger partial charge in [0.25, 0.3) is 0 Å². The third kappa shape index (κ3) is 9.28. The van der Waals surface area contributed by atoms with Gasteiger partial charge in [0.2, 0.25) is 0 Å². The van der Waals surface area contributed by atoms with E-state index in [0.29, 0.717) is 0 Å². The molecule has 1 aliphatic carbocycles. The molecule has 3 rings (SSSR count). The second kappa shape index (κ2) is 14.5. The molecule has 0 bridgehead atoms. The maximum atomic E-state index is 2.65. The molecule has 2 aromatic rings. The van der Waals surface area contributed by atoms with Gasteiger partial charge in [-0.2, -0.15) is 0 Å². The molecule has 128 valence electrons. The predicted octanol–water partition coefficient (Wildman–Crippen LogP) is 7.27. The van der Waals surface area contributed by atoms with Crippen LogP contribution >= 0.6 is 33.8 Å². The molecule has 4 heteroatoms. The average molecular weight is 384 g/mol. The van der Waals surface area contributed by atoms with E-state index in [1.807, 2.05) is 27.7 Å². The quantitative estimate of drug-likeness (QED) is 0.419. The van der Waals surface area contributed by atoms with Crippen LogP contribution < -0.4 is 0 Å². The minimum absolute atomic E-state index is 0.130. The Morgan fingerprint density at radius 3 is 1.17 bits per heavy atom. The molecule has 2 aromatic carbocycles. The Morgan fingerprint density at radius 2 is 0.870 bits per heavy atom. The molecule has 0 nitrogen and oxygen atoms in total. The van der Waals surface area contributed by atoms with Crippen LogP contribution in [0.1, 0.15) is 49.9 Å². The SMILES string of the molecule is CC.CC.PP(P)P.c1ccc2c(c1)CCc1ccccc1C2. The van der Waals surface area contributed by atoms with E-state index in [-0.39, 0.29) is 6.99 Å². The first-order chi connectivity index (χ1) is 11.2. The lowest BCUT2D eigenvalue weighted by atomic mass is 10.0. The molecular formula is C19H32P4. The number of fused-ring (bicyclic) bond motifs is 2. The predicted molar refractivity (Wildman–Crippen MR) is 122 cm³/mol. The van der Waals surface area contributed by atoms with E-state index in [1.165, 1.54) is 35.1 Å². The Hall–Kier alpha value is 0.160. The van der Waals surface area contributed by atoms with Gasteiger partial charge in [-0.25, -0.2) is 0 Å². The van der Waals surface area contributed by atoms with Crippen molar-refractivity contribution in [2.45, 2.75) is 47.0 Å². The molecule has 0 spiro atoms. The van der Waals surface area contributed by atoms with Crippen LogP contribution in [-0.4, -0.2) is 0 Å². The van der Waals surface area contributed by atoms with Gasteiger partial charge in [0.15, 0.2) is 0 Å². The van der Waals surface area contributed by atoms with E-state index >= 15 is 0 Å². The van der Waals surface area contributed by atoms with Crippen molar-refractivity contribution < 1.29 is 0 Å². The van der Waals surface area contributed by atoms with Gasteiger partial charge < -0.3 is 0 Å². The highest BCUT2D eigenvalue weighted by Crippen LogP contribution is 2.59. The molecule has 0 heterocycles. The van der Waals surface area contributed by atoms with Crippen LogP contribution in [0, 0.1) is 0 Å². The highest BCUT2D eigenvalue weighted by atomic mass is 32.7. The molecule has 0 aromatic heterocycles. The molecule has 0 saturated heterocycles. The summed E-state index contributed by atoms with van der Waals surface area (Å²) in [6, 6.07) is 17.6. The molecule has 3 unspecified atom stereocenters. The summed E-state index contributed by atoms with van der Waals surface area (Å²) in [7, 11) is 7.94. The van der Waals surface area contributed by atoms with Crippen LogP contribution in [0.4, 0.5) is 0 Å². The summed E-state index contributed by atoms with van der Waals surface area (Å²) >= 11 is 0. The number of hydrogen-bond donors (Lipinski definition) is 0. The third-order valence-electron chi connectivity index (χ3n) is 3.28. The minimum atomic E-state index is 0.130. The molecule has 0 fully saturated rings. The zero-order chi connectivity index (χ0) is 17.7. The summed E-state index contributed by atoms with van der Waals surface area (Å²) in [5, 5.41) is 0. The molecule has 23 heavy (non-hydrogen) atoms. The smallest absolute Gasteiger partial charge is 0.00203 e. The maximum absolute atomic E-state index is 2.65. The van der Waals surface area contributed by atoms with Crippen molar-refractivity contribution >= 4 is 33.8 Å². The Kier molecular flexibility index (Phi) is 14.6. The Morgan fingerprint density at radius 1 is 0.609 bits per heavy atom. The number of hydrogen-bond acceptors (Lipinski definition) is 0. The standard InChI is InChI=1S/C15H14.2C2H6.H6P4/c1-3-7-14-11-15-8-4-2-6-13(15)10-9-12(14)5-1;2*1-2;1-4(2)3/h1-8H,9-11H2;2*1-2H3;1-3H2. The van der Waals surface area contributed by atoms with E-state index in [9.17, 15) is 0 Å². The molecule has 0 aliphatic heterocycles. The van der Waals surface area contributed by atoms with Crippen molar-refractivity contribution in [3.8, 4) is 0 Å². The molecule has 0 saturated carbocycles. The molecule has 1 aliphatic rings. The highest BCUT2D eigenvalue weighted by Gasteiger charge is 2.11. The van der Waals surface area contributed by atoms with Gasteiger partial charge in [-0.1, -0.05) is 76.2 Å². The summed E-state index contributed by atoms with van der Waals surface area (Å²) in [4.78, 5) is 0. The van der Waals surface area contributed by atoms with Gasteiger partial charge in [0.1, 0.15) is 0 Å². The first kappa shape index (κ1) is 23.2. The second-order valence-electron chi connectivity index (χ2n) is 4.66. The number of aryl methyl sites for hydroxylation is 2. The van der Waals surface area contributed by atoms with Crippen LogP contribution in [0.2, 0.25) is 0 Å². The average Bonchev–Trinajstić information content (AvgIpc) is 2.77. The first-order valence-corrected chi connectivity index (χ1v) is 14.5. The van der Waals surface area contributed by atoms with Gasteiger partial charge in [-0.15, -0.1) is 26.8 Å². The Bertz CT molecular complexity index is 490. The van der Waals surface area contributed by atoms with Crippen molar-refractivity contribution in [1.29, 1.82) is 0 Å². The fourth-order valence-electron chi connectivity index (χ4n) is 2.42. The Labute approximate surface area is 151 Å². The van der Waals surface area contributed by atoms with E-state index in [0.717, 1.165) is 6.42 Å². The molecule has 0 radical (unpaired) electrons. The Balaban J connectivity index is 0.000000523. The minimum Gasteiger partial charge on any atom is -0.103 e.